The van der Waals surface area contributed by atoms with Gasteiger partial charge in [-0.2, -0.15) is 0 Å². The summed E-state index contributed by atoms with van der Waals surface area (Å²) in [5.74, 6) is -0.412. The number of benzene rings is 3. The first kappa shape index (κ1) is 23.1. The maximum atomic E-state index is 12.9. The molecule has 0 fully saturated rings. The molecule has 32 heavy (non-hydrogen) atoms. The summed E-state index contributed by atoms with van der Waals surface area (Å²) in [6, 6.07) is 16.7. The molecular weight excluding hydrogens is 454 g/mol. The third-order valence-electron chi connectivity index (χ3n) is 4.27. The van der Waals surface area contributed by atoms with Gasteiger partial charge in [0.15, 0.2) is 0 Å². The lowest BCUT2D eigenvalue weighted by molar-refractivity contribution is -0.114. The molecule has 166 valence electrons. The van der Waals surface area contributed by atoms with Gasteiger partial charge in [-0.15, -0.1) is 0 Å². The molecule has 0 saturated heterocycles. The third kappa shape index (κ3) is 5.77. The van der Waals surface area contributed by atoms with E-state index in [1.807, 2.05) is 0 Å². The zero-order chi connectivity index (χ0) is 23.3. The van der Waals surface area contributed by atoms with Crippen LogP contribution in [-0.4, -0.2) is 27.3 Å². The zero-order valence-electron chi connectivity index (χ0n) is 17.2. The molecule has 3 N–H and O–H groups in total. The number of halogens is 1. The first-order valence-electron chi connectivity index (χ1n) is 9.33. The van der Waals surface area contributed by atoms with Gasteiger partial charge in [0.2, 0.25) is 5.91 Å². The Morgan fingerprint density at radius 2 is 1.59 bits per heavy atom. The van der Waals surface area contributed by atoms with Gasteiger partial charge in [0, 0.05) is 28.9 Å². The SMILES string of the molecule is COc1ccc(S(=O)(=O)Nc2ccc(NC(C)=O)cc2)cc1NC(=O)c1cccc(Cl)c1. The molecule has 0 bridgehead atoms. The highest BCUT2D eigenvalue weighted by Gasteiger charge is 2.18. The topological polar surface area (TPSA) is 114 Å². The quantitative estimate of drug-likeness (QED) is 0.471. The summed E-state index contributed by atoms with van der Waals surface area (Å²) in [6.45, 7) is 1.38. The summed E-state index contributed by atoms with van der Waals surface area (Å²) >= 11 is 5.93. The highest BCUT2D eigenvalue weighted by molar-refractivity contribution is 7.92. The monoisotopic (exact) mass is 473 g/mol. The van der Waals surface area contributed by atoms with E-state index >= 15 is 0 Å². The van der Waals surface area contributed by atoms with Gasteiger partial charge in [-0.05, 0) is 60.7 Å². The third-order valence-corrected chi connectivity index (χ3v) is 5.89. The molecule has 0 radical (unpaired) electrons. The Labute approximate surface area is 190 Å². The molecule has 3 aromatic carbocycles. The van der Waals surface area contributed by atoms with Crippen molar-refractivity contribution in [1.29, 1.82) is 0 Å². The fraction of sp³-hybridized carbons (Fsp3) is 0.0909. The second-order valence-electron chi connectivity index (χ2n) is 6.69. The van der Waals surface area contributed by atoms with Crippen molar-refractivity contribution in [2.45, 2.75) is 11.8 Å². The van der Waals surface area contributed by atoms with Gasteiger partial charge in [-0.25, -0.2) is 8.42 Å². The van der Waals surface area contributed by atoms with Crippen molar-refractivity contribution in [3.05, 3.63) is 77.3 Å². The molecule has 0 spiro atoms. The van der Waals surface area contributed by atoms with Crippen molar-refractivity contribution in [3.8, 4) is 5.75 Å². The molecule has 8 nitrogen and oxygen atoms in total. The van der Waals surface area contributed by atoms with Crippen LogP contribution in [0.1, 0.15) is 17.3 Å². The minimum Gasteiger partial charge on any atom is -0.495 e. The van der Waals surface area contributed by atoms with Gasteiger partial charge in [0.1, 0.15) is 5.75 Å². The van der Waals surface area contributed by atoms with E-state index in [1.54, 1.807) is 30.3 Å². The number of hydrogen-bond donors (Lipinski definition) is 3. The second-order valence-corrected chi connectivity index (χ2v) is 8.81. The number of nitrogens with one attached hydrogen (secondary N) is 3. The number of hydrogen-bond acceptors (Lipinski definition) is 5. The predicted octanol–water partition coefficient (Wildman–Crippen LogP) is 4.36. The number of methoxy groups -OCH3 is 1. The summed E-state index contributed by atoms with van der Waals surface area (Å²) in [5.41, 5.74) is 1.34. The lowest BCUT2D eigenvalue weighted by Crippen LogP contribution is -2.16. The van der Waals surface area contributed by atoms with Crippen LogP contribution in [0.4, 0.5) is 17.1 Å². The van der Waals surface area contributed by atoms with E-state index in [1.165, 1.54) is 50.4 Å². The molecule has 0 heterocycles. The maximum Gasteiger partial charge on any atom is 0.261 e. The van der Waals surface area contributed by atoms with Crippen molar-refractivity contribution in [2.24, 2.45) is 0 Å². The van der Waals surface area contributed by atoms with Crippen LogP contribution in [-0.2, 0) is 14.8 Å². The maximum absolute atomic E-state index is 12.9. The van der Waals surface area contributed by atoms with Gasteiger partial charge in [-0.1, -0.05) is 17.7 Å². The van der Waals surface area contributed by atoms with Crippen LogP contribution in [0.5, 0.6) is 5.75 Å². The first-order valence-corrected chi connectivity index (χ1v) is 11.2. The number of amides is 2. The van der Waals surface area contributed by atoms with E-state index in [4.69, 9.17) is 16.3 Å². The summed E-state index contributed by atoms with van der Waals surface area (Å²) in [4.78, 5) is 23.6. The van der Waals surface area contributed by atoms with E-state index in [2.05, 4.69) is 15.4 Å². The molecule has 0 aliphatic rings. The van der Waals surface area contributed by atoms with E-state index in [0.29, 0.717) is 27.7 Å². The molecule has 0 aliphatic carbocycles. The van der Waals surface area contributed by atoms with Gasteiger partial charge in [0.05, 0.1) is 17.7 Å². The lowest BCUT2D eigenvalue weighted by atomic mass is 10.2. The summed E-state index contributed by atoms with van der Waals surface area (Å²) in [5, 5.41) is 5.65. The predicted molar refractivity (Wildman–Crippen MR) is 124 cm³/mol. The Kier molecular flexibility index (Phi) is 7.01. The van der Waals surface area contributed by atoms with Crippen LogP contribution in [0.2, 0.25) is 5.02 Å². The zero-order valence-corrected chi connectivity index (χ0v) is 18.8. The van der Waals surface area contributed by atoms with E-state index in [-0.39, 0.29) is 16.5 Å². The lowest BCUT2D eigenvalue weighted by Gasteiger charge is -2.14. The Bertz CT molecular complexity index is 1260. The Morgan fingerprint density at radius 1 is 0.906 bits per heavy atom. The van der Waals surface area contributed by atoms with E-state index in [0.717, 1.165) is 0 Å². The van der Waals surface area contributed by atoms with Crippen LogP contribution in [0.25, 0.3) is 0 Å². The molecule has 0 unspecified atom stereocenters. The second kappa shape index (κ2) is 9.71. The van der Waals surface area contributed by atoms with Crippen molar-refractivity contribution in [1.82, 2.24) is 0 Å². The van der Waals surface area contributed by atoms with Gasteiger partial charge >= 0.3 is 0 Å². The van der Waals surface area contributed by atoms with Crippen molar-refractivity contribution >= 4 is 50.5 Å². The molecule has 0 saturated carbocycles. The molecular formula is C22H20ClN3O5S. The van der Waals surface area contributed by atoms with Crippen LogP contribution in [0, 0.1) is 0 Å². The summed E-state index contributed by atoms with van der Waals surface area (Å²) in [7, 11) is -2.56. The average Bonchev–Trinajstić information content (AvgIpc) is 2.74. The minimum atomic E-state index is -3.97. The molecule has 3 aromatic rings. The highest BCUT2D eigenvalue weighted by atomic mass is 35.5. The fourth-order valence-corrected chi connectivity index (χ4v) is 4.09. The molecule has 0 aliphatic heterocycles. The van der Waals surface area contributed by atoms with Crippen LogP contribution in [0.3, 0.4) is 0 Å². The summed E-state index contributed by atoms with van der Waals surface area (Å²) < 4.78 is 33.4. The molecule has 2 amide bonds. The molecule has 10 heteroatoms. The van der Waals surface area contributed by atoms with Gasteiger partial charge in [0.25, 0.3) is 15.9 Å². The number of carbonyl (C=O) groups is 2. The molecule has 0 aromatic heterocycles. The average molecular weight is 474 g/mol. The van der Waals surface area contributed by atoms with E-state index < -0.39 is 15.9 Å². The standard InChI is InChI=1S/C22H20ClN3O5S/c1-14(27)24-17-6-8-18(9-7-17)26-32(29,30)19-10-11-21(31-2)20(13-19)25-22(28)15-4-3-5-16(23)12-15/h3-13,26H,1-2H3,(H,24,27)(H,25,28). The Morgan fingerprint density at radius 3 is 2.22 bits per heavy atom. The highest BCUT2D eigenvalue weighted by Crippen LogP contribution is 2.29. The van der Waals surface area contributed by atoms with Gasteiger partial charge in [-0.3, -0.25) is 14.3 Å². The number of rotatable bonds is 7. The van der Waals surface area contributed by atoms with Crippen LogP contribution < -0.4 is 20.1 Å². The first-order chi connectivity index (χ1) is 15.2. The number of ether oxygens (including phenoxy) is 1. The van der Waals surface area contributed by atoms with Crippen molar-refractivity contribution in [2.75, 3.05) is 22.5 Å². The molecule has 0 atom stereocenters. The smallest absolute Gasteiger partial charge is 0.261 e. The fourth-order valence-electron chi connectivity index (χ4n) is 2.82. The number of sulfonamides is 1. The minimum absolute atomic E-state index is 0.0781. The Hall–Kier alpha value is -3.56. The largest absolute Gasteiger partial charge is 0.495 e. The van der Waals surface area contributed by atoms with Crippen molar-refractivity contribution in [3.63, 3.8) is 0 Å². The van der Waals surface area contributed by atoms with Crippen LogP contribution >= 0.6 is 11.6 Å². The van der Waals surface area contributed by atoms with Gasteiger partial charge < -0.3 is 15.4 Å². The summed E-state index contributed by atoms with van der Waals surface area (Å²) in [6.07, 6.45) is 0. The number of carbonyl (C=O) groups excluding carboxylic acids is 2. The molecule has 3 rings (SSSR count). The number of anilines is 3. The van der Waals surface area contributed by atoms with Crippen molar-refractivity contribution < 1.29 is 22.7 Å². The normalized spacial score (nSPS) is 10.8. The Balaban J connectivity index is 1.84. The van der Waals surface area contributed by atoms with E-state index in [9.17, 15) is 18.0 Å². The van der Waals surface area contributed by atoms with Crippen LogP contribution in [0.15, 0.2) is 71.6 Å².